The molecule has 0 fully saturated rings. The van der Waals surface area contributed by atoms with Gasteiger partial charge in [-0.25, -0.2) is 0 Å². The van der Waals surface area contributed by atoms with E-state index >= 15 is 0 Å². The molecule has 1 aliphatic carbocycles. The SMILES string of the molecule is COc1ccc([C@@H]2C(C)=C(C)[C@H](C)[C@H]2C(C)=O)c(C[C@H](C)CO)c1. The lowest BCUT2D eigenvalue weighted by molar-refractivity contribution is -0.121. The number of allylic oxidation sites excluding steroid dienone is 2. The number of hydrogen-bond acceptors (Lipinski definition) is 3. The van der Waals surface area contributed by atoms with Crippen LogP contribution in [0.25, 0.3) is 0 Å². The molecular weight excluding hydrogens is 300 g/mol. The van der Waals surface area contributed by atoms with Crippen molar-refractivity contribution >= 4 is 5.78 Å². The highest BCUT2D eigenvalue weighted by Crippen LogP contribution is 2.49. The maximum absolute atomic E-state index is 12.4. The number of rotatable bonds is 6. The summed E-state index contributed by atoms with van der Waals surface area (Å²) in [6.07, 6.45) is 0.783. The quantitative estimate of drug-likeness (QED) is 0.797. The van der Waals surface area contributed by atoms with Gasteiger partial charge in [-0.3, -0.25) is 4.79 Å². The minimum atomic E-state index is 0.00146. The van der Waals surface area contributed by atoms with Gasteiger partial charge in [0.2, 0.25) is 0 Å². The van der Waals surface area contributed by atoms with Crippen molar-refractivity contribution in [3.63, 3.8) is 0 Å². The van der Waals surface area contributed by atoms with Crippen molar-refractivity contribution in [2.75, 3.05) is 13.7 Å². The van der Waals surface area contributed by atoms with Crippen molar-refractivity contribution in [3.05, 3.63) is 40.5 Å². The third-order valence-electron chi connectivity index (χ3n) is 5.70. The summed E-state index contributed by atoms with van der Waals surface area (Å²) in [5.74, 6) is 1.66. The van der Waals surface area contributed by atoms with E-state index in [2.05, 4.69) is 32.9 Å². The maximum atomic E-state index is 12.4. The average molecular weight is 330 g/mol. The van der Waals surface area contributed by atoms with E-state index in [4.69, 9.17) is 4.74 Å². The molecule has 0 radical (unpaired) electrons. The Balaban J connectivity index is 2.54. The monoisotopic (exact) mass is 330 g/mol. The van der Waals surface area contributed by atoms with E-state index in [0.29, 0.717) is 0 Å². The highest BCUT2D eigenvalue weighted by Gasteiger charge is 2.41. The zero-order valence-corrected chi connectivity index (χ0v) is 15.7. The van der Waals surface area contributed by atoms with Crippen LogP contribution in [-0.2, 0) is 11.2 Å². The third-order valence-corrected chi connectivity index (χ3v) is 5.70. The van der Waals surface area contributed by atoms with E-state index < -0.39 is 0 Å². The van der Waals surface area contributed by atoms with Crippen LogP contribution in [0, 0.1) is 17.8 Å². The predicted molar refractivity (Wildman–Crippen MR) is 97.4 cm³/mol. The van der Waals surface area contributed by atoms with Crippen molar-refractivity contribution in [1.82, 2.24) is 0 Å². The second-order valence-electron chi connectivity index (χ2n) is 7.33. The molecule has 1 aliphatic rings. The number of benzene rings is 1. The molecule has 0 bridgehead atoms. The summed E-state index contributed by atoms with van der Waals surface area (Å²) in [6.45, 7) is 10.4. The summed E-state index contributed by atoms with van der Waals surface area (Å²) in [5, 5.41) is 9.46. The van der Waals surface area contributed by atoms with Crippen molar-refractivity contribution in [1.29, 1.82) is 0 Å². The third kappa shape index (κ3) is 3.41. The highest BCUT2D eigenvalue weighted by atomic mass is 16.5. The van der Waals surface area contributed by atoms with E-state index in [1.165, 1.54) is 22.3 Å². The minimum absolute atomic E-state index is 0.00146. The molecule has 0 saturated carbocycles. The number of Topliss-reactive ketones (excluding diaryl/α,β-unsaturated/α-hetero) is 1. The van der Waals surface area contributed by atoms with Gasteiger partial charge >= 0.3 is 0 Å². The number of carbonyl (C=O) groups excluding carboxylic acids is 1. The van der Waals surface area contributed by atoms with Crippen LogP contribution in [0.5, 0.6) is 5.75 Å². The molecule has 132 valence electrons. The first-order chi connectivity index (χ1) is 11.3. The molecule has 0 saturated heterocycles. The molecule has 3 heteroatoms. The van der Waals surface area contributed by atoms with Gasteiger partial charge in [-0.05, 0) is 62.3 Å². The molecule has 0 aromatic heterocycles. The molecular formula is C21H30O3. The molecule has 24 heavy (non-hydrogen) atoms. The average Bonchev–Trinajstić information content (AvgIpc) is 2.78. The number of hydrogen-bond donors (Lipinski definition) is 1. The molecule has 1 aromatic carbocycles. The lowest BCUT2D eigenvalue weighted by Gasteiger charge is -2.26. The number of ketones is 1. The van der Waals surface area contributed by atoms with Crippen LogP contribution in [0.4, 0.5) is 0 Å². The summed E-state index contributed by atoms with van der Waals surface area (Å²) >= 11 is 0. The highest BCUT2D eigenvalue weighted by molar-refractivity contribution is 5.82. The summed E-state index contributed by atoms with van der Waals surface area (Å²) in [6, 6.07) is 6.14. The van der Waals surface area contributed by atoms with Gasteiger partial charge in [0.15, 0.2) is 0 Å². The van der Waals surface area contributed by atoms with Gasteiger partial charge in [0.1, 0.15) is 11.5 Å². The van der Waals surface area contributed by atoms with Crippen LogP contribution in [0.15, 0.2) is 29.3 Å². The first kappa shape index (κ1) is 18.7. The van der Waals surface area contributed by atoms with Gasteiger partial charge in [0.05, 0.1) is 7.11 Å². The summed E-state index contributed by atoms with van der Waals surface area (Å²) in [5.41, 5.74) is 5.02. The predicted octanol–water partition coefficient (Wildman–Crippen LogP) is 4.14. The zero-order valence-electron chi connectivity index (χ0n) is 15.7. The van der Waals surface area contributed by atoms with Crippen LogP contribution in [-0.4, -0.2) is 24.6 Å². The van der Waals surface area contributed by atoms with Crippen LogP contribution < -0.4 is 4.74 Å². The Morgan fingerprint density at radius 2 is 1.96 bits per heavy atom. The number of ether oxygens (including phenoxy) is 1. The maximum Gasteiger partial charge on any atom is 0.134 e. The topological polar surface area (TPSA) is 46.5 Å². The smallest absolute Gasteiger partial charge is 0.134 e. The largest absolute Gasteiger partial charge is 0.497 e. The fourth-order valence-electron chi connectivity index (χ4n) is 4.07. The molecule has 4 atom stereocenters. The molecule has 1 N–H and O–H groups in total. The summed E-state index contributed by atoms with van der Waals surface area (Å²) in [7, 11) is 1.67. The van der Waals surface area contributed by atoms with Crippen molar-refractivity contribution in [2.24, 2.45) is 17.8 Å². The number of methoxy groups -OCH3 is 1. The molecule has 0 aliphatic heterocycles. The molecule has 2 rings (SSSR count). The van der Waals surface area contributed by atoms with E-state index in [0.717, 1.165) is 12.2 Å². The van der Waals surface area contributed by atoms with Crippen molar-refractivity contribution in [3.8, 4) is 5.75 Å². The lowest BCUT2D eigenvalue weighted by Crippen LogP contribution is -2.23. The molecule has 0 amide bonds. The van der Waals surface area contributed by atoms with Gasteiger partial charge in [-0.2, -0.15) is 0 Å². The van der Waals surface area contributed by atoms with Gasteiger partial charge < -0.3 is 9.84 Å². The number of aliphatic hydroxyl groups excluding tert-OH is 1. The van der Waals surface area contributed by atoms with E-state index in [-0.39, 0.29) is 36.1 Å². The molecule has 0 unspecified atom stereocenters. The van der Waals surface area contributed by atoms with Crippen LogP contribution in [0.2, 0.25) is 0 Å². The lowest BCUT2D eigenvalue weighted by atomic mass is 9.77. The van der Waals surface area contributed by atoms with Gasteiger partial charge in [-0.1, -0.05) is 31.1 Å². The first-order valence-electron chi connectivity index (χ1n) is 8.77. The summed E-state index contributed by atoms with van der Waals surface area (Å²) < 4.78 is 5.39. The Labute approximate surface area is 145 Å². The zero-order chi connectivity index (χ0) is 18.0. The molecule has 1 aromatic rings. The fraction of sp³-hybridized carbons (Fsp3) is 0.571. The van der Waals surface area contributed by atoms with E-state index in [1.54, 1.807) is 14.0 Å². The normalized spacial score (nSPS) is 25.0. The van der Waals surface area contributed by atoms with Crippen LogP contribution in [0.3, 0.4) is 0 Å². The van der Waals surface area contributed by atoms with Crippen LogP contribution >= 0.6 is 0 Å². The van der Waals surface area contributed by atoms with E-state index in [1.807, 2.05) is 13.0 Å². The molecule has 3 nitrogen and oxygen atoms in total. The first-order valence-corrected chi connectivity index (χ1v) is 8.77. The van der Waals surface area contributed by atoms with Crippen molar-refractivity contribution < 1.29 is 14.6 Å². The Morgan fingerprint density at radius 1 is 1.29 bits per heavy atom. The Morgan fingerprint density at radius 3 is 2.50 bits per heavy atom. The van der Waals surface area contributed by atoms with Gasteiger partial charge in [0, 0.05) is 18.4 Å². The summed E-state index contributed by atoms with van der Waals surface area (Å²) in [4.78, 5) is 12.4. The van der Waals surface area contributed by atoms with Crippen LogP contribution in [0.1, 0.15) is 51.7 Å². The Bertz CT molecular complexity index is 644. The van der Waals surface area contributed by atoms with Crippen molar-refractivity contribution in [2.45, 2.75) is 47.0 Å². The Kier molecular flexibility index (Phi) is 5.87. The Hall–Kier alpha value is -1.61. The van der Waals surface area contributed by atoms with Gasteiger partial charge in [-0.15, -0.1) is 0 Å². The second kappa shape index (κ2) is 7.52. The standard InChI is InChI=1S/C21H30O3/c1-12(11-22)9-17-10-18(24-6)7-8-19(17)21-15(4)13(2)14(3)20(21)16(5)23/h7-8,10,12,14,20-22H,9,11H2,1-6H3/t12-,14-,20-,21-/m0/s1. The number of carbonyl (C=O) groups is 1. The second-order valence-corrected chi connectivity index (χ2v) is 7.33. The molecule has 0 heterocycles. The van der Waals surface area contributed by atoms with E-state index in [9.17, 15) is 9.90 Å². The minimum Gasteiger partial charge on any atom is -0.497 e. The fourth-order valence-corrected chi connectivity index (χ4v) is 4.07. The van der Waals surface area contributed by atoms with Gasteiger partial charge in [0.25, 0.3) is 0 Å². The molecule has 0 spiro atoms. The number of aliphatic hydroxyl groups is 1.